The van der Waals surface area contributed by atoms with Crippen molar-refractivity contribution >= 4 is 273 Å². The highest BCUT2D eigenvalue weighted by Gasteiger charge is 2.59. The molecular formula is C76H218O35Si32. The fourth-order valence-corrected chi connectivity index (χ4v) is 187. The van der Waals surface area contributed by atoms with E-state index in [4.69, 9.17) is 147 Å². The molecule has 0 saturated carbocycles. The van der Waals surface area contributed by atoms with Crippen molar-refractivity contribution in [2.45, 2.75) is 444 Å². The maximum absolute atomic E-state index is 7.05. The van der Waals surface area contributed by atoms with Crippen molar-refractivity contribution in [2.24, 2.45) is 0 Å². The fourth-order valence-electron chi connectivity index (χ4n) is 20.7. The van der Waals surface area contributed by atoms with Crippen LogP contribution in [0.2, 0.25) is 431 Å². The van der Waals surface area contributed by atoms with Gasteiger partial charge in [0.15, 0.2) is 16.6 Å². The summed E-state index contributed by atoms with van der Waals surface area (Å²) in [5.74, 6) is 0. The van der Waals surface area contributed by atoms with Crippen LogP contribution in [0.5, 0.6) is 0 Å². The zero-order valence-corrected chi connectivity index (χ0v) is 135. The van der Waals surface area contributed by atoms with E-state index in [0.29, 0.717) is 39.6 Å². The Bertz CT molecular complexity index is 3440. The van der Waals surface area contributed by atoms with Gasteiger partial charge in [-0.25, -0.2) is 0 Å². The topological polar surface area (TPSA) is 323 Å². The van der Waals surface area contributed by atoms with Crippen LogP contribution in [0.15, 0.2) is 0 Å². The van der Waals surface area contributed by atoms with Gasteiger partial charge in [-0.05, 0) is 444 Å². The zero-order valence-electron chi connectivity index (χ0n) is 103. The van der Waals surface area contributed by atoms with Crippen LogP contribution in [0, 0.1) is 0 Å². The molecule has 860 valence electrons. The number of methoxy groups -OCH3 is 2. The quantitative estimate of drug-likeness (QED) is 0.0403. The second-order valence-corrected chi connectivity index (χ2v) is 169. The smallest absolute Gasteiger partial charge is 0.314 e. The van der Waals surface area contributed by atoms with E-state index < -0.39 is 273 Å². The lowest BCUT2D eigenvalue weighted by Gasteiger charge is -2.45. The minimum atomic E-state index is -2.96. The molecule has 0 rings (SSSR count). The van der Waals surface area contributed by atoms with Crippen LogP contribution >= 0.6 is 0 Å². The first kappa shape index (κ1) is 149. The van der Waals surface area contributed by atoms with Gasteiger partial charge in [-0.15, -0.1) is 0 Å². The number of hydrogen-bond donors (Lipinski definition) is 0. The van der Waals surface area contributed by atoms with Gasteiger partial charge in [0.05, 0.1) is 0 Å². The molecule has 0 atom stereocenters. The van der Waals surface area contributed by atoms with Crippen molar-refractivity contribution in [3.8, 4) is 0 Å². The summed E-state index contributed by atoms with van der Waals surface area (Å²) in [7, 11) is -87.3. The van der Waals surface area contributed by atoms with Crippen LogP contribution < -0.4 is 0 Å². The molecule has 0 N–H and O–H groups in total. The third kappa shape index (κ3) is 71.2. The SMILES string of the molecule is COCCCOCC[Si](C)(C)O[Si](C)(C)O[Si](C)(C)O[Si](C)(C)O[Si](C)(C)O[Si](C)(C)O[Si](C)(C)O[Si](C)(C)O[Si](C)(C)O[Si](C)(C)O[Si](C)(C)O[Si](C)(C)O[Si](C)(C)O[Si](C)(C)O[Si](C)(C)O[Si](C)(C)O[Si](C)(C)O[Si](C)(C)O[Si](C)(C)O[Si](C)(C)O[Si](C)(C)O[Si](C)(C)O[Si](C)(C)O[Si](C)(C)O[Si](C)(C)O[Si](C)(C)O[Si](C)(C)O[Si](C)(C)O[Si](C)(C)O[Si](C)(C)O[Si](C)(C)O[Si](C)(C)CCOCCCOC. The summed E-state index contributed by atoms with van der Waals surface area (Å²) in [6.07, 6.45) is 1.74. The van der Waals surface area contributed by atoms with Crippen molar-refractivity contribution in [2.75, 3.05) is 53.9 Å². The first-order valence-corrected chi connectivity index (χ1v) is 142. The molecule has 0 unspecified atom stereocenters. The van der Waals surface area contributed by atoms with Crippen molar-refractivity contribution in [1.82, 2.24) is 0 Å². The van der Waals surface area contributed by atoms with Crippen molar-refractivity contribution in [3.63, 3.8) is 0 Å². The van der Waals surface area contributed by atoms with Gasteiger partial charge in [0.25, 0.3) is 0 Å². The molecule has 0 amide bonds. The monoisotopic (exact) mass is 2590 g/mol. The summed E-state index contributed by atoms with van der Waals surface area (Å²) in [6.45, 7) is 137. The minimum absolute atomic E-state index is 0.655. The van der Waals surface area contributed by atoms with Crippen LogP contribution in [0.1, 0.15) is 12.8 Å². The Hall–Kier alpha value is 5.54. The van der Waals surface area contributed by atoms with Crippen LogP contribution in [-0.4, -0.2) is 327 Å². The maximum atomic E-state index is 7.05. The maximum Gasteiger partial charge on any atom is 0.314 e. The lowest BCUT2D eigenvalue weighted by molar-refractivity contribution is 0.109. The molecule has 0 aromatic carbocycles. The molecule has 0 bridgehead atoms. The third-order valence-electron chi connectivity index (χ3n) is 18.3. The van der Waals surface area contributed by atoms with E-state index in [2.05, 4.69) is 419 Å². The summed E-state index contributed by atoms with van der Waals surface area (Å²) in [6, 6.07) is 1.75. The molecule has 0 radical (unpaired) electrons. The number of hydrogen-bond acceptors (Lipinski definition) is 35. The molecule has 0 aromatic rings. The summed E-state index contributed by atoms with van der Waals surface area (Å²) in [5.41, 5.74) is 0. The molecule has 0 aromatic heterocycles. The highest BCUT2D eigenvalue weighted by Crippen LogP contribution is 2.40. The number of ether oxygens (including phenoxy) is 4. The summed E-state index contributed by atoms with van der Waals surface area (Å²) in [5, 5.41) is 0. The van der Waals surface area contributed by atoms with Gasteiger partial charge in [0.2, 0.25) is 0 Å². The van der Waals surface area contributed by atoms with Gasteiger partial charge in [0, 0.05) is 53.9 Å². The van der Waals surface area contributed by atoms with Crippen molar-refractivity contribution < 1.29 is 147 Å². The molecule has 67 heteroatoms. The Balaban J connectivity index is 5.96. The average molecular weight is 2590 g/mol. The van der Waals surface area contributed by atoms with Crippen LogP contribution in [0.4, 0.5) is 0 Å². The largest absolute Gasteiger partial charge is 0.436 e. The first-order valence-electron chi connectivity index (χ1n) is 50.9. The van der Waals surface area contributed by atoms with E-state index in [1.54, 1.807) is 14.2 Å². The molecule has 0 aliphatic carbocycles. The van der Waals surface area contributed by atoms with Gasteiger partial charge in [-0.1, -0.05) is 0 Å². The van der Waals surface area contributed by atoms with Gasteiger partial charge in [-0.2, -0.15) is 0 Å². The minimum Gasteiger partial charge on any atom is -0.436 e. The Kier molecular flexibility index (Phi) is 55.9. The van der Waals surface area contributed by atoms with Crippen molar-refractivity contribution in [3.05, 3.63) is 0 Å². The second kappa shape index (κ2) is 53.9. The second-order valence-electron chi connectivity index (χ2n) is 52.1. The summed E-state index contributed by atoms with van der Waals surface area (Å²) >= 11 is 0. The first-order chi connectivity index (χ1) is 62.0. The molecular weight excluding hydrogens is 2370 g/mol. The highest BCUT2D eigenvalue weighted by atomic mass is 28.6. The molecule has 35 nitrogen and oxygen atoms in total. The van der Waals surface area contributed by atoms with Gasteiger partial charge in [-0.3, -0.25) is 0 Å². The average Bonchev–Trinajstić information content (AvgIpc) is 0.812. The Morgan fingerprint density at radius 1 is 0.0979 bits per heavy atom. The molecule has 0 spiro atoms. The Morgan fingerprint density at radius 2 is 0.175 bits per heavy atom. The third-order valence-corrected chi connectivity index (χ3v) is 143. The summed E-state index contributed by atoms with van der Waals surface area (Å²) in [4.78, 5) is 0. The predicted octanol–water partition coefficient (Wildman–Crippen LogP) is 25.1. The molecule has 143 heavy (non-hydrogen) atoms. The van der Waals surface area contributed by atoms with E-state index in [0.717, 1.165) is 24.9 Å². The lowest BCUT2D eigenvalue weighted by Crippen LogP contribution is -2.63. The van der Waals surface area contributed by atoms with Gasteiger partial charge in [0.1, 0.15) is 0 Å². The highest BCUT2D eigenvalue weighted by molar-refractivity contribution is 7.00. The van der Waals surface area contributed by atoms with E-state index in [1.807, 2.05) is 0 Å². The Morgan fingerprint density at radius 3 is 0.252 bits per heavy atom. The van der Waals surface area contributed by atoms with Crippen LogP contribution in [0.25, 0.3) is 0 Å². The van der Waals surface area contributed by atoms with Crippen molar-refractivity contribution in [1.29, 1.82) is 0 Å². The van der Waals surface area contributed by atoms with Gasteiger partial charge < -0.3 is 147 Å². The fraction of sp³-hybridized carbons (Fsp3) is 1.00. The van der Waals surface area contributed by atoms with Crippen LogP contribution in [0.3, 0.4) is 0 Å². The standard InChI is InChI=1S/C76H218O35Si32/c1-77-69-67-71-79-73-75-112(3,4)81-114(7,8)83-116(11,12)85-118(15,16)87-120(19,20)89-122(23,24)91-124(27,28)93-126(31,32)95-128(35,36)97-130(39,40)99-132(43,44)101-134(47,48)103-136(51,52)105-138(55,56)107-140(59,60)109-142(63,64)111-143(65,66)110-141(61,62)108-139(57,58)106-137(53,54)104-135(49,50)102-133(45,46)100-131(41,42)98-129(37,38)96-127(33,34)94-125(29,30)92-123(25,26)90-121(21,22)88-119(17,18)86-117(13,14)84-115(9,10)82-113(5,6)76-74-80-72-68-70-78-2/h67-76H2,1-66H3. The lowest BCUT2D eigenvalue weighted by atomic mass is 10.5. The molecule has 0 fully saturated rings. The molecule has 0 aliphatic heterocycles. The summed E-state index contributed by atoms with van der Waals surface area (Å²) < 4.78 is 239. The molecule has 0 aliphatic rings. The predicted molar refractivity (Wildman–Crippen MR) is 657 cm³/mol. The van der Waals surface area contributed by atoms with E-state index in [9.17, 15) is 0 Å². The van der Waals surface area contributed by atoms with Gasteiger partial charge >= 0.3 is 257 Å². The normalized spacial score (nSPS) is 15.9. The van der Waals surface area contributed by atoms with E-state index in [1.165, 1.54) is 0 Å². The molecule has 0 saturated heterocycles. The molecule has 0 heterocycles. The van der Waals surface area contributed by atoms with E-state index >= 15 is 0 Å². The Labute approximate surface area is 909 Å². The van der Waals surface area contributed by atoms with Crippen LogP contribution in [-0.2, 0) is 147 Å². The zero-order chi connectivity index (χ0) is 114. The van der Waals surface area contributed by atoms with E-state index in [-0.39, 0.29) is 0 Å². The number of rotatable bonds is 76.